The van der Waals surface area contributed by atoms with Gasteiger partial charge in [0.2, 0.25) is 0 Å². The molecule has 0 heterocycles. The highest BCUT2D eigenvalue weighted by Crippen LogP contribution is 2.17. The molecule has 294 valence electrons. The fourth-order valence-corrected chi connectivity index (χ4v) is 3.57. The van der Waals surface area contributed by atoms with Crippen LogP contribution in [0.25, 0.3) is 0 Å². The van der Waals surface area contributed by atoms with Gasteiger partial charge in [0.25, 0.3) is 0 Å². The highest BCUT2D eigenvalue weighted by molar-refractivity contribution is 9.09. The first kappa shape index (κ1) is 57.1. The minimum Gasteiger partial charge on any atom is -0.907 e. The molecule has 0 saturated carbocycles. The fourth-order valence-electron chi connectivity index (χ4n) is 3.48. The number of hydrogen-bond acceptors (Lipinski definition) is 7. The van der Waals surface area contributed by atoms with Crippen molar-refractivity contribution in [2.45, 2.75) is 83.1 Å². The average Bonchev–Trinajstić information content (AvgIpc) is 3.13. The lowest BCUT2D eigenvalue weighted by Gasteiger charge is -2.35. The van der Waals surface area contributed by atoms with Crippen LogP contribution in [0.4, 0.5) is 0 Å². The summed E-state index contributed by atoms with van der Waals surface area (Å²) in [4.78, 5) is 19.7. The zero-order valence-electron chi connectivity index (χ0n) is 34.6. The molecule has 0 unspecified atom stereocenters. The van der Waals surface area contributed by atoms with Crippen molar-refractivity contribution in [3.05, 3.63) is 29.8 Å². The van der Waals surface area contributed by atoms with Gasteiger partial charge in [-0.05, 0) is 95.2 Å². The van der Waals surface area contributed by atoms with Crippen LogP contribution in [0.3, 0.4) is 0 Å². The highest BCUT2D eigenvalue weighted by Gasteiger charge is 2.13. The first-order valence-corrected chi connectivity index (χ1v) is 19.3. The summed E-state index contributed by atoms with van der Waals surface area (Å²) in [5.41, 5.74) is 0.123. The second kappa shape index (κ2) is 33.8. The minimum absolute atomic E-state index is 0.0385. The maximum Gasteiger partial charge on any atom is 0.174 e. The maximum atomic E-state index is 10.5. The quantitative estimate of drug-likeness (QED) is 0.0833. The Morgan fingerprint density at radius 2 is 0.796 bits per heavy atom. The third-order valence-corrected chi connectivity index (χ3v) is 10.6. The van der Waals surface area contributed by atoms with E-state index in [0.29, 0.717) is 0 Å². The fraction of sp³-hybridized carbons (Fsp3) is 0.806. The molecule has 49 heavy (non-hydrogen) atoms. The van der Waals surface area contributed by atoms with Gasteiger partial charge in [-0.1, -0.05) is 28.1 Å². The summed E-state index contributed by atoms with van der Waals surface area (Å²) in [6.45, 7) is 42.0. The van der Waals surface area contributed by atoms with E-state index in [1.165, 1.54) is 109 Å². The second-order valence-electron chi connectivity index (χ2n) is 12.7. The van der Waals surface area contributed by atoms with E-state index in [1.54, 1.807) is 12.1 Å². The van der Waals surface area contributed by atoms with Gasteiger partial charge in [0, 0.05) is 5.56 Å². The van der Waals surface area contributed by atoms with Crippen molar-refractivity contribution in [1.82, 2.24) is 0 Å². The van der Waals surface area contributed by atoms with Crippen LogP contribution in [0.15, 0.2) is 24.3 Å². The molecule has 0 aliphatic carbocycles. The van der Waals surface area contributed by atoms with E-state index in [2.05, 4.69) is 137 Å². The van der Waals surface area contributed by atoms with E-state index < -0.39 is 13.3 Å². The molecule has 11 nitrogen and oxygen atoms in total. The van der Waals surface area contributed by atoms with Gasteiger partial charge in [-0.15, -0.1) is 0 Å². The standard InChI is InChI=1S/C8H7BrO4.4C7H18N.BO3/c9-5-12-13-7-4-2-1-3-6(7)8(10)11;4*1-5-8(4,6-2)7-3;2-1(3)4/h1-4H,5H2,(H,10,11);4*5-7H2,1-4H3;/q;4*+1;-3/p-1. The molecule has 0 amide bonds. The van der Waals surface area contributed by atoms with Crippen molar-refractivity contribution < 1.29 is 52.7 Å². The molecular formula is C36H78BBrN4O7. The SMILES string of the molecule is CC[N+](C)(CC)CC.CC[N+](C)(CC)CC.CC[N+](C)(CC)CC.CC[N+](C)(CC)CC.O=C([O-])c1ccccc1OOCBr.[O-]B([O-])[O-]. The number of quaternary nitrogens is 4. The van der Waals surface area contributed by atoms with Crippen LogP contribution < -0.4 is 25.1 Å². The third kappa shape index (κ3) is 32.4. The Kier molecular flexibility index (Phi) is 39.4. The first-order chi connectivity index (χ1) is 22.7. The normalized spacial score (nSPS) is 10.9. The summed E-state index contributed by atoms with van der Waals surface area (Å²) >= 11 is 2.96. The monoisotopic (exact) mass is 769 g/mol. The molecule has 0 aliphatic rings. The molecule has 0 N–H and O–H groups in total. The topological polar surface area (TPSA) is 128 Å². The Bertz CT molecular complexity index is 762. The number of alkyl halides is 1. The number of carbonyl (C=O) groups excluding carboxylic acids is 1. The predicted octanol–water partition coefficient (Wildman–Crippen LogP) is 2.74. The molecule has 1 rings (SSSR count). The van der Waals surface area contributed by atoms with Crippen molar-refractivity contribution in [1.29, 1.82) is 0 Å². The summed E-state index contributed by atoms with van der Waals surface area (Å²) in [5, 5.41) is 35.8. The molecule has 1 aromatic rings. The van der Waals surface area contributed by atoms with Gasteiger partial charge in [0.15, 0.2) is 5.75 Å². The predicted molar refractivity (Wildman–Crippen MR) is 203 cm³/mol. The summed E-state index contributed by atoms with van der Waals surface area (Å²) in [6.07, 6.45) is 0. The molecule has 0 spiro atoms. The summed E-state index contributed by atoms with van der Waals surface area (Å²) in [5.74, 6) is -1.17. The molecule has 0 bridgehead atoms. The lowest BCUT2D eigenvalue weighted by atomic mass is 10.2. The van der Waals surface area contributed by atoms with E-state index in [0.717, 1.165) is 0 Å². The van der Waals surface area contributed by atoms with Crippen molar-refractivity contribution in [2.75, 3.05) is 112 Å². The van der Waals surface area contributed by atoms with Crippen LogP contribution in [-0.2, 0) is 4.89 Å². The molecule has 13 heteroatoms. The van der Waals surface area contributed by atoms with Gasteiger partial charge >= 0.3 is 0 Å². The van der Waals surface area contributed by atoms with Crippen LogP contribution in [0.1, 0.15) is 93.4 Å². The Morgan fingerprint density at radius 1 is 0.571 bits per heavy atom. The van der Waals surface area contributed by atoms with E-state index >= 15 is 0 Å². The zero-order valence-corrected chi connectivity index (χ0v) is 36.2. The molecule has 1 aromatic carbocycles. The lowest BCUT2D eigenvalue weighted by Crippen LogP contribution is -2.56. The number of halogens is 1. The van der Waals surface area contributed by atoms with Gasteiger partial charge in [-0.2, -0.15) is 4.89 Å². The minimum atomic E-state index is -2.92. The van der Waals surface area contributed by atoms with Crippen molar-refractivity contribution >= 4 is 29.2 Å². The smallest absolute Gasteiger partial charge is 0.174 e. The summed E-state index contributed by atoms with van der Waals surface area (Å²) in [7, 11) is 6.25. The number of aromatic carboxylic acids is 1. The Labute approximate surface area is 312 Å². The second-order valence-corrected chi connectivity index (χ2v) is 13.1. The van der Waals surface area contributed by atoms with Gasteiger partial charge < -0.3 is 47.8 Å². The largest absolute Gasteiger partial charge is 0.907 e. The number of para-hydroxylation sites is 1. The molecule has 0 aliphatic heterocycles. The number of benzene rings is 1. The van der Waals surface area contributed by atoms with E-state index in [1.807, 2.05) is 0 Å². The van der Waals surface area contributed by atoms with Gasteiger partial charge in [0.1, 0.15) is 5.52 Å². The van der Waals surface area contributed by atoms with E-state index in [9.17, 15) is 9.90 Å². The van der Waals surface area contributed by atoms with Crippen LogP contribution >= 0.6 is 15.9 Å². The van der Waals surface area contributed by atoms with Gasteiger partial charge in [0.05, 0.1) is 113 Å². The Hall–Kier alpha value is -1.29. The summed E-state index contributed by atoms with van der Waals surface area (Å²) in [6, 6.07) is 6.07. The van der Waals surface area contributed by atoms with Gasteiger partial charge in [-0.25, -0.2) is 0 Å². The van der Waals surface area contributed by atoms with Crippen LogP contribution in [0, 0.1) is 0 Å². The zero-order chi connectivity index (χ0) is 39.7. The number of carboxylic acid groups (broad SMARTS) is 1. The highest BCUT2D eigenvalue weighted by atomic mass is 79.9. The van der Waals surface area contributed by atoms with Gasteiger partial charge in [-0.3, -0.25) is 7.32 Å². The van der Waals surface area contributed by atoms with Crippen LogP contribution in [0.2, 0.25) is 0 Å². The summed E-state index contributed by atoms with van der Waals surface area (Å²) < 4.78 is 4.83. The number of hydrogen-bond donors (Lipinski definition) is 0. The number of rotatable bonds is 16. The first-order valence-electron chi connectivity index (χ1n) is 18.2. The van der Waals surface area contributed by atoms with E-state index in [-0.39, 0.29) is 16.8 Å². The van der Waals surface area contributed by atoms with Crippen molar-refractivity contribution in [3.8, 4) is 5.75 Å². The Balaban J connectivity index is -0.000000163. The molecule has 0 saturated heterocycles. The third-order valence-electron chi connectivity index (χ3n) is 10.5. The lowest BCUT2D eigenvalue weighted by molar-refractivity contribution is -0.904. The molecular weight excluding hydrogens is 691 g/mol. The molecule has 0 atom stereocenters. The number of nitrogens with zero attached hydrogens (tertiary/aromatic N) is 4. The van der Waals surface area contributed by atoms with Crippen molar-refractivity contribution in [3.63, 3.8) is 0 Å². The number of carbonyl (C=O) groups is 1. The number of carboxylic acids is 1. The Morgan fingerprint density at radius 3 is 0.959 bits per heavy atom. The molecule has 0 aromatic heterocycles. The average molecular weight is 770 g/mol. The van der Waals surface area contributed by atoms with Crippen LogP contribution in [0.5, 0.6) is 5.75 Å². The maximum absolute atomic E-state index is 10.5. The van der Waals surface area contributed by atoms with Crippen molar-refractivity contribution in [2.24, 2.45) is 0 Å². The van der Waals surface area contributed by atoms with Crippen LogP contribution in [-0.4, -0.2) is 143 Å². The molecule has 0 fully saturated rings. The molecule has 0 radical (unpaired) electrons. The van der Waals surface area contributed by atoms with E-state index in [4.69, 9.17) is 15.1 Å².